The second-order valence-electron chi connectivity index (χ2n) is 4.94. The molecule has 0 radical (unpaired) electrons. The number of hydrogen-bond acceptors (Lipinski definition) is 4. The van der Waals surface area contributed by atoms with Gasteiger partial charge in [-0.15, -0.1) is 0 Å². The summed E-state index contributed by atoms with van der Waals surface area (Å²) in [5, 5.41) is 0. The largest absolute Gasteiger partial charge is 0.379 e. The Bertz CT molecular complexity index is 297. The van der Waals surface area contributed by atoms with E-state index in [9.17, 15) is 0 Å². The number of rotatable bonds is 4. The molecule has 2 atom stereocenters. The smallest absolute Gasteiger partial charge is 0.0594 e. The zero-order valence-electron chi connectivity index (χ0n) is 10.3. The molecule has 4 heteroatoms. The minimum absolute atomic E-state index is 0.0582. The first-order valence-electron chi connectivity index (χ1n) is 6.41. The van der Waals surface area contributed by atoms with Crippen LogP contribution in [0.25, 0.3) is 0 Å². The number of morpholine rings is 1. The lowest BCUT2D eigenvalue weighted by Crippen LogP contribution is -2.54. The van der Waals surface area contributed by atoms with Gasteiger partial charge < -0.3 is 16.2 Å². The molecule has 0 amide bonds. The van der Waals surface area contributed by atoms with Gasteiger partial charge in [-0.3, -0.25) is 4.90 Å². The van der Waals surface area contributed by atoms with Crippen LogP contribution in [0.2, 0.25) is 0 Å². The molecule has 0 saturated carbocycles. The Morgan fingerprint density at radius 2 is 2.06 bits per heavy atom. The Kier molecular flexibility index (Phi) is 4.34. The number of allylic oxidation sites excluding steroid dienone is 2. The van der Waals surface area contributed by atoms with Gasteiger partial charge in [0.2, 0.25) is 0 Å². The highest BCUT2D eigenvalue weighted by Gasteiger charge is 2.29. The molecule has 0 aromatic carbocycles. The first-order valence-corrected chi connectivity index (χ1v) is 6.41. The van der Waals surface area contributed by atoms with E-state index < -0.39 is 0 Å². The summed E-state index contributed by atoms with van der Waals surface area (Å²) in [6.45, 7) is 4.89. The molecule has 1 fully saturated rings. The van der Waals surface area contributed by atoms with E-state index in [1.807, 2.05) is 24.3 Å². The van der Waals surface area contributed by atoms with Crippen molar-refractivity contribution < 1.29 is 4.74 Å². The van der Waals surface area contributed by atoms with Crippen molar-refractivity contribution in [1.29, 1.82) is 0 Å². The fourth-order valence-corrected chi connectivity index (χ4v) is 2.39. The van der Waals surface area contributed by atoms with E-state index in [2.05, 4.69) is 4.90 Å². The zero-order chi connectivity index (χ0) is 12.1. The highest BCUT2D eigenvalue weighted by molar-refractivity contribution is 5.25. The second-order valence-corrected chi connectivity index (χ2v) is 4.94. The molecular formula is C13H23N3O. The summed E-state index contributed by atoms with van der Waals surface area (Å²) >= 11 is 0. The SMILES string of the molecule is NC1C=CC=CC1(N)CCCN1CCOCC1. The summed E-state index contributed by atoms with van der Waals surface area (Å²) in [7, 11) is 0. The second kappa shape index (κ2) is 5.78. The Hall–Kier alpha value is -0.680. The Labute approximate surface area is 103 Å². The summed E-state index contributed by atoms with van der Waals surface area (Å²) in [5.74, 6) is 0. The predicted molar refractivity (Wildman–Crippen MR) is 69.7 cm³/mol. The van der Waals surface area contributed by atoms with Crippen molar-refractivity contribution in [2.45, 2.75) is 24.4 Å². The third kappa shape index (κ3) is 3.39. The molecule has 4 N–H and O–H groups in total. The first-order chi connectivity index (χ1) is 8.21. The van der Waals surface area contributed by atoms with E-state index in [4.69, 9.17) is 16.2 Å². The quantitative estimate of drug-likeness (QED) is 0.735. The average molecular weight is 237 g/mol. The van der Waals surface area contributed by atoms with Crippen LogP contribution < -0.4 is 11.5 Å². The summed E-state index contributed by atoms with van der Waals surface area (Å²) < 4.78 is 5.33. The molecular weight excluding hydrogens is 214 g/mol. The van der Waals surface area contributed by atoms with Crippen LogP contribution in [-0.2, 0) is 4.74 Å². The van der Waals surface area contributed by atoms with Gasteiger partial charge in [-0.25, -0.2) is 0 Å². The van der Waals surface area contributed by atoms with Crippen LogP contribution in [0.5, 0.6) is 0 Å². The van der Waals surface area contributed by atoms with Gasteiger partial charge in [0.15, 0.2) is 0 Å². The van der Waals surface area contributed by atoms with E-state index in [1.54, 1.807) is 0 Å². The van der Waals surface area contributed by atoms with Crippen LogP contribution in [-0.4, -0.2) is 49.3 Å². The molecule has 2 unspecified atom stereocenters. The standard InChI is InChI=1S/C13H23N3O/c14-12-4-1-2-5-13(12,15)6-3-7-16-8-10-17-11-9-16/h1-2,4-5,12H,3,6-11,14-15H2. The van der Waals surface area contributed by atoms with E-state index in [-0.39, 0.29) is 11.6 Å². The Morgan fingerprint density at radius 1 is 1.29 bits per heavy atom. The van der Waals surface area contributed by atoms with Crippen molar-refractivity contribution in [2.75, 3.05) is 32.8 Å². The lowest BCUT2D eigenvalue weighted by Gasteiger charge is -2.34. The fraction of sp³-hybridized carbons (Fsp3) is 0.692. The van der Waals surface area contributed by atoms with Crippen LogP contribution >= 0.6 is 0 Å². The van der Waals surface area contributed by atoms with Crippen LogP contribution in [0.3, 0.4) is 0 Å². The van der Waals surface area contributed by atoms with Gasteiger partial charge in [0, 0.05) is 19.1 Å². The highest BCUT2D eigenvalue weighted by atomic mass is 16.5. The van der Waals surface area contributed by atoms with Crippen LogP contribution in [0, 0.1) is 0 Å². The van der Waals surface area contributed by atoms with Gasteiger partial charge in [-0.05, 0) is 19.4 Å². The summed E-state index contributed by atoms with van der Waals surface area (Å²) in [6.07, 6.45) is 10.0. The molecule has 17 heavy (non-hydrogen) atoms. The fourth-order valence-electron chi connectivity index (χ4n) is 2.39. The lowest BCUT2D eigenvalue weighted by atomic mass is 9.83. The Morgan fingerprint density at radius 3 is 2.76 bits per heavy atom. The molecule has 96 valence electrons. The molecule has 0 spiro atoms. The summed E-state index contributed by atoms with van der Waals surface area (Å²) in [4.78, 5) is 2.43. The van der Waals surface area contributed by atoms with E-state index >= 15 is 0 Å². The van der Waals surface area contributed by atoms with Gasteiger partial charge in [0.1, 0.15) is 0 Å². The molecule has 0 aromatic heterocycles. The minimum atomic E-state index is -0.360. The molecule has 1 saturated heterocycles. The van der Waals surface area contributed by atoms with Crippen molar-refractivity contribution in [2.24, 2.45) is 11.5 Å². The number of nitrogens with zero attached hydrogens (tertiary/aromatic N) is 1. The molecule has 1 aliphatic heterocycles. The molecule has 2 rings (SSSR count). The molecule has 0 bridgehead atoms. The van der Waals surface area contributed by atoms with Gasteiger partial charge in [-0.1, -0.05) is 24.3 Å². The van der Waals surface area contributed by atoms with E-state index in [0.29, 0.717) is 0 Å². The number of hydrogen-bond donors (Lipinski definition) is 2. The highest BCUT2D eigenvalue weighted by Crippen LogP contribution is 2.20. The summed E-state index contributed by atoms with van der Waals surface area (Å²) in [5.41, 5.74) is 12.0. The third-order valence-corrected chi connectivity index (χ3v) is 3.64. The van der Waals surface area contributed by atoms with Crippen molar-refractivity contribution in [3.05, 3.63) is 24.3 Å². The zero-order valence-corrected chi connectivity index (χ0v) is 10.3. The van der Waals surface area contributed by atoms with Gasteiger partial charge in [0.05, 0.1) is 18.8 Å². The lowest BCUT2D eigenvalue weighted by molar-refractivity contribution is 0.0366. The predicted octanol–water partition coefficient (Wildman–Crippen LogP) is 0.250. The Balaban J connectivity index is 1.73. The topological polar surface area (TPSA) is 64.5 Å². The number of nitrogens with two attached hydrogens (primary N) is 2. The molecule has 1 heterocycles. The molecule has 2 aliphatic rings. The van der Waals surface area contributed by atoms with E-state index in [1.165, 1.54) is 0 Å². The van der Waals surface area contributed by atoms with Crippen molar-refractivity contribution >= 4 is 0 Å². The monoisotopic (exact) mass is 237 g/mol. The third-order valence-electron chi connectivity index (χ3n) is 3.64. The van der Waals surface area contributed by atoms with Gasteiger partial charge >= 0.3 is 0 Å². The van der Waals surface area contributed by atoms with Crippen molar-refractivity contribution in [3.8, 4) is 0 Å². The average Bonchev–Trinajstić information content (AvgIpc) is 2.35. The van der Waals surface area contributed by atoms with Crippen molar-refractivity contribution in [1.82, 2.24) is 4.90 Å². The first kappa shape index (κ1) is 12.8. The number of ether oxygens (including phenoxy) is 1. The summed E-state index contributed by atoms with van der Waals surface area (Å²) in [6, 6.07) is -0.0582. The van der Waals surface area contributed by atoms with E-state index in [0.717, 1.165) is 45.7 Å². The van der Waals surface area contributed by atoms with Gasteiger partial charge in [0.25, 0.3) is 0 Å². The maximum atomic E-state index is 6.31. The van der Waals surface area contributed by atoms with Crippen LogP contribution in [0.1, 0.15) is 12.8 Å². The maximum absolute atomic E-state index is 6.31. The maximum Gasteiger partial charge on any atom is 0.0594 e. The molecule has 0 aromatic rings. The molecule has 1 aliphatic carbocycles. The van der Waals surface area contributed by atoms with Gasteiger partial charge in [-0.2, -0.15) is 0 Å². The minimum Gasteiger partial charge on any atom is -0.379 e. The normalized spacial score (nSPS) is 34.1. The van der Waals surface area contributed by atoms with Crippen molar-refractivity contribution in [3.63, 3.8) is 0 Å². The molecule has 4 nitrogen and oxygen atoms in total. The van der Waals surface area contributed by atoms with Crippen LogP contribution in [0.4, 0.5) is 0 Å². The van der Waals surface area contributed by atoms with Crippen LogP contribution in [0.15, 0.2) is 24.3 Å².